The second-order valence-electron chi connectivity index (χ2n) is 7.75. The van der Waals surface area contributed by atoms with Crippen LogP contribution in [-0.2, 0) is 4.74 Å². The van der Waals surface area contributed by atoms with Gasteiger partial charge in [-0.1, -0.05) is 6.92 Å². The van der Waals surface area contributed by atoms with Gasteiger partial charge in [0.2, 0.25) is 0 Å². The molecule has 3 heteroatoms. The Morgan fingerprint density at radius 2 is 1.72 bits per heavy atom. The molecule has 0 aromatic rings. The summed E-state index contributed by atoms with van der Waals surface area (Å²) in [5.74, 6) is 0.808. The van der Waals surface area contributed by atoms with E-state index >= 15 is 0 Å². The number of hydrogen-bond acceptors (Lipinski definition) is 3. The Bertz CT molecular complexity index is 298. The Labute approximate surface area is 112 Å². The number of rotatable bonds is 2. The maximum atomic E-state index is 6.18. The lowest BCUT2D eigenvalue weighted by atomic mass is 9.88. The van der Waals surface area contributed by atoms with E-state index in [2.05, 4.69) is 39.5 Å². The van der Waals surface area contributed by atoms with E-state index in [4.69, 9.17) is 10.5 Å². The van der Waals surface area contributed by atoms with E-state index in [9.17, 15) is 0 Å². The van der Waals surface area contributed by atoms with Gasteiger partial charge in [0.05, 0.1) is 11.2 Å². The summed E-state index contributed by atoms with van der Waals surface area (Å²) in [6.45, 7) is 13.9. The highest BCUT2D eigenvalue weighted by atomic mass is 16.5. The van der Waals surface area contributed by atoms with Crippen molar-refractivity contribution in [3.05, 3.63) is 0 Å². The average Bonchev–Trinajstić information content (AvgIpc) is 2.56. The summed E-state index contributed by atoms with van der Waals surface area (Å²) < 4.78 is 6.18. The predicted molar refractivity (Wildman–Crippen MR) is 75.6 cm³/mol. The zero-order valence-corrected chi connectivity index (χ0v) is 12.8. The molecule has 3 nitrogen and oxygen atoms in total. The topological polar surface area (TPSA) is 38.5 Å². The average molecular weight is 254 g/mol. The molecule has 1 saturated heterocycles. The third kappa shape index (κ3) is 2.73. The molecule has 0 spiro atoms. The third-order valence-corrected chi connectivity index (χ3v) is 4.58. The molecule has 1 aliphatic heterocycles. The molecule has 0 bridgehead atoms. The quantitative estimate of drug-likeness (QED) is 0.822. The number of hydrogen-bond donors (Lipinski definition) is 1. The van der Waals surface area contributed by atoms with Gasteiger partial charge in [-0.25, -0.2) is 0 Å². The van der Waals surface area contributed by atoms with Crippen LogP contribution in [0.15, 0.2) is 0 Å². The summed E-state index contributed by atoms with van der Waals surface area (Å²) in [5, 5.41) is 0. The Balaban J connectivity index is 2.21. The molecule has 2 rings (SSSR count). The molecule has 2 unspecified atom stereocenters. The van der Waals surface area contributed by atoms with Crippen molar-refractivity contribution in [1.82, 2.24) is 4.90 Å². The van der Waals surface area contributed by atoms with Crippen LogP contribution in [0, 0.1) is 5.92 Å². The van der Waals surface area contributed by atoms with Crippen LogP contribution in [0.5, 0.6) is 0 Å². The minimum absolute atomic E-state index is 0.0737. The van der Waals surface area contributed by atoms with Crippen LogP contribution in [0.3, 0.4) is 0 Å². The SMILES string of the molecule is CC1CCC(CN)(N2CC(C)(C)OC(C)(C)C2)C1. The van der Waals surface area contributed by atoms with Crippen LogP contribution >= 0.6 is 0 Å². The Hall–Kier alpha value is -0.120. The van der Waals surface area contributed by atoms with E-state index in [-0.39, 0.29) is 16.7 Å². The lowest BCUT2D eigenvalue weighted by Gasteiger charge is -2.53. The standard InChI is InChI=1S/C15H30N2O/c1-12-6-7-15(8-12,9-16)17-10-13(2,3)18-14(4,5)11-17/h12H,6-11,16H2,1-5H3. The highest BCUT2D eigenvalue weighted by Gasteiger charge is 2.48. The first kappa shape index (κ1) is 14.3. The fraction of sp³-hybridized carbons (Fsp3) is 1.00. The molecule has 106 valence electrons. The van der Waals surface area contributed by atoms with Crippen LogP contribution < -0.4 is 5.73 Å². The molecule has 0 amide bonds. The largest absolute Gasteiger partial charge is 0.367 e. The number of nitrogens with two attached hydrogens (primary N) is 1. The van der Waals surface area contributed by atoms with Crippen molar-refractivity contribution < 1.29 is 4.74 Å². The van der Waals surface area contributed by atoms with Crippen molar-refractivity contribution in [3.63, 3.8) is 0 Å². The van der Waals surface area contributed by atoms with Crippen molar-refractivity contribution in [3.8, 4) is 0 Å². The Morgan fingerprint density at radius 3 is 2.11 bits per heavy atom. The first-order chi connectivity index (χ1) is 8.18. The van der Waals surface area contributed by atoms with Gasteiger partial charge in [-0.3, -0.25) is 4.90 Å². The minimum Gasteiger partial charge on any atom is -0.367 e. The van der Waals surface area contributed by atoms with Crippen molar-refractivity contribution in [1.29, 1.82) is 0 Å². The molecule has 2 N–H and O–H groups in total. The van der Waals surface area contributed by atoms with E-state index in [0.717, 1.165) is 25.6 Å². The maximum Gasteiger partial charge on any atom is 0.0761 e. The third-order valence-electron chi connectivity index (χ3n) is 4.58. The van der Waals surface area contributed by atoms with Gasteiger partial charge in [-0.05, 0) is 52.9 Å². The Kier molecular flexibility index (Phi) is 3.54. The number of ether oxygens (including phenoxy) is 1. The van der Waals surface area contributed by atoms with Gasteiger partial charge in [-0.2, -0.15) is 0 Å². The van der Waals surface area contributed by atoms with Crippen molar-refractivity contribution in [2.24, 2.45) is 11.7 Å². The smallest absolute Gasteiger partial charge is 0.0761 e. The predicted octanol–water partition coefficient (Wildman–Crippen LogP) is 2.39. The second-order valence-corrected chi connectivity index (χ2v) is 7.75. The summed E-state index contributed by atoms with van der Waals surface area (Å²) in [4.78, 5) is 2.62. The van der Waals surface area contributed by atoms with Crippen LogP contribution in [0.25, 0.3) is 0 Å². The zero-order valence-electron chi connectivity index (χ0n) is 12.8. The molecule has 1 aliphatic carbocycles. The van der Waals surface area contributed by atoms with Crippen LogP contribution in [0.2, 0.25) is 0 Å². The fourth-order valence-corrected chi connectivity index (χ4v) is 4.09. The molecule has 2 fully saturated rings. The van der Waals surface area contributed by atoms with Crippen LogP contribution in [-0.4, -0.2) is 41.3 Å². The molecular weight excluding hydrogens is 224 g/mol. The van der Waals surface area contributed by atoms with E-state index in [1.54, 1.807) is 0 Å². The highest BCUT2D eigenvalue weighted by Crippen LogP contribution is 2.42. The lowest BCUT2D eigenvalue weighted by Crippen LogP contribution is -2.65. The Morgan fingerprint density at radius 1 is 1.17 bits per heavy atom. The molecule has 1 heterocycles. The van der Waals surface area contributed by atoms with Gasteiger partial charge in [0, 0.05) is 25.2 Å². The first-order valence-electron chi connectivity index (χ1n) is 7.33. The van der Waals surface area contributed by atoms with Gasteiger partial charge in [0.1, 0.15) is 0 Å². The summed E-state index contributed by atoms with van der Waals surface area (Å²) in [5.41, 5.74) is 6.23. The fourth-order valence-electron chi connectivity index (χ4n) is 4.09. The molecule has 18 heavy (non-hydrogen) atoms. The van der Waals surface area contributed by atoms with Gasteiger partial charge >= 0.3 is 0 Å². The lowest BCUT2D eigenvalue weighted by molar-refractivity contribution is -0.198. The summed E-state index contributed by atoms with van der Waals surface area (Å²) in [7, 11) is 0. The second kappa shape index (κ2) is 4.46. The summed E-state index contributed by atoms with van der Waals surface area (Å²) >= 11 is 0. The molecular formula is C15H30N2O. The number of nitrogens with zero attached hydrogens (tertiary/aromatic N) is 1. The first-order valence-corrected chi connectivity index (χ1v) is 7.33. The van der Waals surface area contributed by atoms with Gasteiger partial charge < -0.3 is 10.5 Å². The van der Waals surface area contributed by atoms with E-state index in [0.29, 0.717) is 0 Å². The van der Waals surface area contributed by atoms with Crippen LogP contribution in [0.4, 0.5) is 0 Å². The zero-order chi connectivity index (χ0) is 13.6. The molecule has 2 aliphatic rings. The summed E-state index contributed by atoms with van der Waals surface area (Å²) in [6.07, 6.45) is 3.81. The van der Waals surface area contributed by atoms with Gasteiger partial charge in [0.25, 0.3) is 0 Å². The molecule has 0 aromatic carbocycles. The highest BCUT2D eigenvalue weighted by molar-refractivity contribution is 5.03. The minimum atomic E-state index is -0.0737. The van der Waals surface area contributed by atoms with Gasteiger partial charge in [-0.15, -0.1) is 0 Å². The molecule has 0 aromatic heterocycles. The van der Waals surface area contributed by atoms with E-state index < -0.39 is 0 Å². The maximum absolute atomic E-state index is 6.18. The van der Waals surface area contributed by atoms with Crippen molar-refractivity contribution in [2.75, 3.05) is 19.6 Å². The summed E-state index contributed by atoms with van der Waals surface area (Å²) in [6, 6.07) is 0. The molecule has 1 saturated carbocycles. The molecule has 2 atom stereocenters. The van der Waals surface area contributed by atoms with E-state index in [1.807, 2.05) is 0 Å². The van der Waals surface area contributed by atoms with Gasteiger partial charge in [0.15, 0.2) is 0 Å². The van der Waals surface area contributed by atoms with Crippen LogP contribution in [0.1, 0.15) is 53.9 Å². The monoisotopic (exact) mass is 254 g/mol. The number of morpholine rings is 1. The normalized spacial score (nSPS) is 40.0. The van der Waals surface area contributed by atoms with Crippen molar-refractivity contribution in [2.45, 2.75) is 70.6 Å². The van der Waals surface area contributed by atoms with E-state index in [1.165, 1.54) is 19.3 Å². The molecule has 0 radical (unpaired) electrons. The van der Waals surface area contributed by atoms with Crippen molar-refractivity contribution >= 4 is 0 Å².